The van der Waals surface area contributed by atoms with E-state index in [0.29, 0.717) is 10.8 Å². The average Bonchev–Trinajstić information content (AvgIpc) is 3.17. The predicted octanol–water partition coefficient (Wildman–Crippen LogP) is 7.42. The topological polar surface area (TPSA) is 6.25 Å². The third-order valence-corrected chi connectivity index (χ3v) is 7.92. The molecule has 42 heavy (non-hydrogen) atoms. The van der Waals surface area contributed by atoms with E-state index >= 15 is 0 Å². The highest BCUT2D eigenvalue weighted by molar-refractivity contribution is 6.33. The van der Waals surface area contributed by atoms with Crippen molar-refractivity contribution in [1.82, 2.24) is 0 Å². The maximum absolute atomic E-state index is 9.67. The fraction of sp³-hybridized carbons (Fsp3) is 0.629. The van der Waals surface area contributed by atoms with Crippen molar-refractivity contribution in [3.05, 3.63) is 57.6 Å². The molecule has 2 aromatic carbocycles. The molecule has 1 aliphatic rings. The Bertz CT molecular complexity index is 1200. The van der Waals surface area contributed by atoms with Crippen molar-refractivity contribution < 1.29 is 22.2 Å². The summed E-state index contributed by atoms with van der Waals surface area (Å²) in [7, 11) is -3.67. The minimum Gasteiger partial charge on any atom is -1.00 e. The second kappa shape index (κ2) is 13.6. The summed E-state index contributed by atoms with van der Waals surface area (Å²) in [6.07, 6.45) is 4.69. The number of anilines is 1. The number of benzene rings is 2. The van der Waals surface area contributed by atoms with E-state index in [1.165, 1.54) is 57.6 Å². The van der Waals surface area contributed by atoms with Gasteiger partial charge in [0.1, 0.15) is 24.5 Å². The molecule has 0 spiro atoms. The van der Waals surface area contributed by atoms with Gasteiger partial charge in [0.15, 0.2) is 0 Å². The van der Waals surface area contributed by atoms with E-state index in [2.05, 4.69) is 137 Å². The molecule has 3 rings (SSSR count). The summed E-state index contributed by atoms with van der Waals surface area (Å²) in [4.78, 5) is 2.47. The van der Waals surface area contributed by atoms with Crippen molar-refractivity contribution in [2.24, 2.45) is 10.8 Å². The number of nitrogens with zero attached hydrogens (tertiary/aromatic N) is 2. The number of rotatable bonds is 6. The summed E-state index contributed by atoms with van der Waals surface area (Å²) in [5.41, 5.74) is 12.1. The Balaban J connectivity index is 0.00000165. The van der Waals surface area contributed by atoms with Crippen molar-refractivity contribution >= 4 is 25.3 Å². The Morgan fingerprint density at radius 3 is 1.33 bits per heavy atom. The molecule has 0 fully saturated rings. The predicted molar refractivity (Wildman–Crippen MR) is 173 cm³/mol. The lowest BCUT2D eigenvalue weighted by atomic mass is 9.71. The quantitative estimate of drug-likeness (QED) is 0.193. The van der Waals surface area contributed by atoms with Gasteiger partial charge in [-0.05, 0) is 95.6 Å². The Labute approximate surface area is 254 Å². The van der Waals surface area contributed by atoms with Gasteiger partial charge in [-0.2, -0.15) is 0 Å². The molecular formula is C35H55BF4N2. The van der Waals surface area contributed by atoms with Gasteiger partial charge < -0.3 is 4.70 Å². The molecule has 1 aliphatic heterocycles. The molecule has 0 atom stereocenters. The number of hydrogen-bond donors (Lipinski definition) is 0. The lowest BCUT2D eigenvalue weighted by molar-refractivity contribution is -0.425. The van der Waals surface area contributed by atoms with Crippen LogP contribution >= 0.6 is 0 Å². The number of halogens is 4. The Hall–Kier alpha value is -2.31. The lowest BCUT2D eigenvalue weighted by Crippen LogP contribution is -3.00. The molecule has 2 nitrogen and oxygen atoms in total. The van der Waals surface area contributed by atoms with Crippen molar-refractivity contribution in [1.29, 1.82) is 0 Å². The second-order valence-electron chi connectivity index (χ2n) is 15.9. The van der Waals surface area contributed by atoms with E-state index in [1.54, 1.807) is 0 Å². The smallest absolute Gasteiger partial charge is 0.762 e. The van der Waals surface area contributed by atoms with Crippen LogP contribution in [0.5, 0.6) is 0 Å². The molecule has 2 aromatic rings. The summed E-state index contributed by atoms with van der Waals surface area (Å²) in [5, 5.41) is 0. The first-order valence-corrected chi connectivity index (χ1v) is 15.0. The second-order valence-corrected chi connectivity index (χ2v) is 15.9. The molecule has 7 heteroatoms. The maximum Gasteiger partial charge on any atom is 0.762 e. The van der Waals surface area contributed by atoms with E-state index in [4.69, 9.17) is 0 Å². The zero-order valence-corrected chi connectivity index (χ0v) is 28.7. The number of aryl methyl sites for hydroxylation is 4. The maximum atomic E-state index is 9.67. The molecular weight excluding hydrogens is 535 g/mol. The summed E-state index contributed by atoms with van der Waals surface area (Å²) in [6, 6.07) is 9.75. The normalized spacial score (nSPS) is 14.2. The molecule has 0 aromatic heterocycles. The van der Waals surface area contributed by atoms with Crippen LogP contribution in [0.3, 0.4) is 0 Å². The van der Waals surface area contributed by atoms with Crippen LogP contribution in [0.1, 0.15) is 115 Å². The molecule has 0 radical (unpaired) electrons. The highest BCUT2D eigenvalue weighted by atomic mass is 19.4. The van der Waals surface area contributed by atoms with Crippen molar-refractivity contribution in [3.8, 4) is 0 Å². The summed E-state index contributed by atoms with van der Waals surface area (Å²) < 4.78 is 31.5. The molecule has 0 saturated carbocycles. The molecule has 0 saturated heterocycles. The Kier molecular flexibility index (Phi) is 12.2. The van der Waals surface area contributed by atoms with Crippen LogP contribution in [0, 0.1) is 38.5 Å². The van der Waals surface area contributed by atoms with Gasteiger partial charge in [0.2, 0.25) is 6.34 Å². The third-order valence-electron chi connectivity index (χ3n) is 7.92. The van der Waals surface area contributed by atoms with Crippen LogP contribution in [-0.2, 0) is 10.8 Å². The van der Waals surface area contributed by atoms with Crippen molar-refractivity contribution in [2.45, 2.75) is 121 Å². The largest absolute Gasteiger partial charge is 1.00 e. The number of hydrogen-bond acceptors (Lipinski definition) is 1. The van der Waals surface area contributed by atoms with Crippen molar-refractivity contribution in [3.63, 3.8) is 0 Å². The summed E-state index contributed by atoms with van der Waals surface area (Å²) in [6.45, 7) is 34.9. The minimum atomic E-state index is -3.67. The van der Waals surface area contributed by atoms with Crippen LogP contribution in [0.4, 0.5) is 24.3 Å². The van der Waals surface area contributed by atoms with Gasteiger partial charge in [-0.25, -0.2) is 9.48 Å². The van der Waals surface area contributed by atoms with E-state index in [1.807, 2.05) is 0 Å². The average molecular weight is 591 g/mol. The summed E-state index contributed by atoms with van der Waals surface area (Å²) >= 11 is 0. The fourth-order valence-electron chi connectivity index (χ4n) is 7.29. The van der Waals surface area contributed by atoms with Gasteiger partial charge >= 0.3 is 7.54 Å². The zero-order chi connectivity index (χ0) is 31.7. The monoisotopic (exact) mass is 590 g/mol. The zero-order valence-electron chi connectivity index (χ0n) is 28.7. The molecule has 236 valence electrons. The van der Waals surface area contributed by atoms with Crippen LogP contribution in [0.15, 0.2) is 24.3 Å². The van der Waals surface area contributed by atoms with Gasteiger partial charge in [-0.3, -0.25) is 12.9 Å². The van der Waals surface area contributed by atoms with Crippen LogP contribution < -0.4 is 9.60 Å². The molecule has 0 N–H and O–H groups in total. The summed E-state index contributed by atoms with van der Waals surface area (Å²) in [5.74, 6) is 0. The van der Waals surface area contributed by atoms with E-state index in [-0.39, 0.29) is 15.5 Å². The molecule has 0 amide bonds. The molecule has 0 unspecified atom stereocenters. The molecule has 1 heterocycles. The van der Waals surface area contributed by atoms with Gasteiger partial charge in [-0.15, -0.1) is 0 Å². The first-order valence-electron chi connectivity index (χ1n) is 15.0. The molecule has 0 bridgehead atoms. The van der Waals surface area contributed by atoms with Crippen LogP contribution in [-0.4, -0.2) is 31.5 Å². The molecule has 0 aliphatic carbocycles. The van der Waals surface area contributed by atoms with Gasteiger partial charge in [0, 0.05) is 0 Å². The standard InChI is InChI=1S/C35H55N2.BF3.FH/c1-24-17-28(34(11,12)21-32(5,6)7)18-25(2)30(24)36-15-16-37(23-36)31-26(3)19-29(20-27(31)4)35(13,14)22-33(8,9)10;2-1(3)4;/h17-20,23H,15-16,21-22H2,1-14H3;;1H/q+1;;/p-1. The van der Waals surface area contributed by atoms with E-state index < -0.39 is 7.54 Å². The van der Waals surface area contributed by atoms with Crippen molar-refractivity contribution in [2.75, 3.05) is 18.0 Å². The Morgan fingerprint density at radius 2 is 1.00 bits per heavy atom. The fourth-order valence-corrected chi connectivity index (χ4v) is 7.29. The van der Waals surface area contributed by atoms with E-state index in [9.17, 15) is 12.9 Å². The highest BCUT2D eigenvalue weighted by Gasteiger charge is 2.33. The lowest BCUT2D eigenvalue weighted by Gasteiger charge is -2.33. The SMILES string of the molecule is Cc1cc(C(C)(C)CC(C)(C)C)cc(C)c1N1C=[N+](c2c(C)cc(C(C)(C)CC(C)(C)C)cc2C)CC1.FB(F)F.[F-]. The minimum absolute atomic E-state index is 0. The third kappa shape index (κ3) is 10.2. The Morgan fingerprint density at radius 1 is 0.667 bits per heavy atom. The van der Waals surface area contributed by atoms with Crippen LogP contribution in [0.25, 0.3) is 0 Å². The first-order chi connectivity index (χ1) is 18.4. The van der Waals surface area contributed by atoms with Crippen LogP contribution in [0.2, 0.25) is 0 Å². The van der Waals surface area contributed by atoms with Gasteiger partial charge in [-0.1, -0.05) is 93.5 Å². The van der Waals surface area contributed by atoms with E-state index in [0.717, 1.165) is 13.1 Å². The first kappa shape index (κ1) is 37.7. The van der Waals surface area contributed by atoms with Gasteiger partial charge in [0.25, 0.3) is 0 Å². The van der Waals surface area contributed by atoms with Gasteiger partial charge in [0.05, 0.1) is 0 Å². The highest BCUT2D eigenvalue weighted by Crippen LogP contribution is 2.41.